The van der Waals surface area contributed by atoms with Gasteiger partial charge in [-0.3, -0.25) is 4.79 Å². The largest absolute Gasteiger partial charge is 0.316 e. The van der Waals surface area contributed by atoms with Gasteiger partial charge in [-0.15, -0.1) is 11.3 Å². The highest BCUT2D eigenvalue weighted by molar-refractivity contribution is 9.10. The molecule has 1 N–H and O–H groups in total. The number of nitrogens with one attached hydrogen (secondary N) is 1. The summed E-state index contributed by atoms with van der Waals surface area (Å²) >= 11 is 4.89. The first kappa shape index (κ1) is 9.37. The Labute approximate surface area is 89.5 Å². The van der Waals surface area contributed by atoms with Crippen molar-refractivity contribution in [2.24, 2.45) is 5.92 Å². The molecule has 0 bridgehead atoms. The topological polar surface area (TPSA) is 29.1 Å². The van der Waals surface area contributed by atoms with Crippen molar-refractivity contribution in [3.63, 3.8) is 0 Å². The number of hydrogen-bond donors (Lipinski definition) is 1. The number of hydrogen-bond acceptors (Lipinski definition) is 3. The zero-order chi connectivity index (χ0) is 9.26. The molecule has 2 heterocycles. The van der Waals surface area contributed by atoms with Crippen LogP contribution in [0.1, 0.15) is 16.1 Å². The predicted molar refractivity (Wildman–Crippen MR) is 57.3 cm³/mol. The molecule has 2 rings (SSSR count). The van der Waals surface area contributed by atoms with Crippen LogP contribution in [0.4, 0.5) is 0 Å². The Bertz CT molecular complexity index is 319. The Morgan fingerprint density at radius 1 is 1.69 bits per heavy atom. The average Bonchev–Trinajstić information content (AvgIpc) is 2.43. The third kappa shape index (κ3) is 2.00. The van der Waals surface area contributed by atoms with E-state index >= 15 is 0 Å². The maximum Gasteiger partial charge on any atom is 0.174 e. The van der Waals surface area contributed by atoms with Crippen LogP contribution in [0.2, 0.25) is 0 Å². The molecule has 1 aliphatic heterocycles. The van der Waals surface area contributed by atoms with Crippen molar-refractivity contribution >= 4 is 33.0 Å². The molecular formula is C9H10BrNOS. The molecule has 0 spiro atoms. The van der Waals surface area contributed by atoms with E-state index in [4.69, 9.17) is 0 Å². The van der Waals surface area contributed by atoms with Crippen LogP contribution in [0.15, 0.2) is 15.9 Å². The molecule has 70 valence electrons. The maximum atomic E-state index is 11.7. The molecule has 0 saturated carbocycles. The van der Waals surface area contributed by atoms with E-state index < -0.39 is 0 Å². The zero-order valence-corrected chi connectivity index (χ0v) is 9.45. The van der Waals surface area contributed by atoms with Gasteiger partial charge < -0.3 is 5.32 Å². The molecule has 0 aromatic carbocycles. The van der Waals surface area contributed by atoms with Gasteiger partial charge in [0.15, 0.2) is 5.78 Å². The molecular weight excluding hydrogens is 250 g/mol. The summed E-state index contributed by atoms with van der Waals surface area (Å²) in [4.78, 5) is 12.5. The van der Waals surface area contributed by atoms with Crippen molar-refractivity contribution in [3.8, 4) is 0 Å². The molecule has 13 heavy (non-hydrogen) atoms. The van der Waals surface area contributed by atoms with E-state index in [0.717, 1.165) is 22.4 Å². The van der Waals surface area contributed by atoms with Crippen LogP contribution in [0.3, 0.4) is 0 Å². The van der Waals surface area contributed by atoms with Crippen molar-refractivity contribution in [1.29, 1.82) is 0 Å². The average molecular weight is 260 g/mol. The number of Topliss-reactive ketones (excluding diaryl/α,β-unsaturated/α-hetero) is 1. The monoisotopic (exact) mass is 259 g/mol. The second kappa shape index (κ2) is 3.90. The molecule has 0 aliphatic carbocycles. The first-order valence-electron chi connectivity index (χ1n) is 4.24. The van der Waals surface area contributed by atoms with Gasteiger partial charge in [-0.2, -0.15) is 0 Å². The maximum absolute atomic E-state index is 11.7. The molecule has 0 radical (unpaired) electrons. The molecule has 1 aromatic heterocycles. The van der Waals surface area contributed by atoms with Crippen LogP contribution in [-0.4, -0.2) is 18.9 Å². The van der Waals surface area contributed by atoms with Gasteiger partial charge in [0, 0.05) is 10.9 Å². The van der Waals surface area contributed by atoms with Crippen molar-refractivity contribution in [3.05, 3.63) is 20.8 Å². The van der Waals surface area contributed by atoms with Gasteiger partial charge in [0.05, 0.1) is 4.88 Å². The standard InChI is InChI=1S/C9H10BrNOS/c10-7-1-2-13-9(7)8(12)3-6-4-11-5-6/h1-2,6,11H,3-5H2. The fraction of sp³-hybridized carbons (Fsp3) is 0.444. The third-order valence-electron chi connectivity index (χ3n) is 2.21. The Hall–Kier alpha value is -0.190. The second-order valence-electron chi connectivity index (χ2n) is 3.25. The number of rotatable bonds is 3. The summed E-state index contributed by atoms with van der Waals surface area (Å²) in [6, 6.07) is 1.93. The van der Waals surface area contributed by atoms with Crippen molar-refractivity contribution in [1.82, 2.24) is 5.32 Å². The fourth-order valence-corrected chi connectivity index (χ4v) is 2.88. The van der Waals surface area contributed by atoms with E-state index in [1.54, 1.807) is 0 Å². The fourth-order valence-electron chi connectivity index (χ4n) is 1.34. The van der Waals surface area contributed by atoms with Gasteiger partial charge in [-0.1, -0.05) is 0 Å². The molecule has 2 nitrogen and oxygen atoms in total. The van der Waals surface area contributed by atoms with E-state index in [1.165, 1.54) is 11.3 Å². The number of thiophene rings is 1. The first-order valence-corrected chi connectivity index (χ1v) is 5.91. The highest BCUT2D eigenvalue weighted by Gasteiger charge is 2.22. The minimum Gasteiger partial charge on any atom is -0.316 e. The lowest BCUT2D eigenvalue weighted by molar-refractivity contribution is 0.0949. The summed E-state index contributed by atoms with van der Waals surface area (Å²) in [5, 5.41) is 5.11. The van der Waals surface area contributed by atoms with Crippen LogP contribution >= 0.6 is 27.3 Å². The van der Waals surface area contributed by atoms with Crippen molar-refractivity contribution < 1.29 is 4.79 Å². The molecule has 0 atom stereocenters. The third-order valence-corrected chi connectivity index (χ3v) is 4.09. The van der Waals surface area contributed by atoms with Gasteiger partial charge >= 0.3 is 0 Å². The lowest BCUT2D eigenvalue weighted by Crippen LogP contribution is -2.42. The highest BCUT2D eigenvalue weighted by atomic mass is 79.9. The summed E-state index contributed by atoms with van der Waals surface area (Å²) in [7, 11) is 0. The summed E-state index contributed by atoms with van der Waals surface area (Å²) in [6.07, 6.45) is 0.687. The second-order valence-corrected chi connectivity index (χ2v) is 5.02. The Balaban J connectivity index is 2.00. The first-order chi connectivity index (χ1) is 6.27. The van der Waals surface area contributed by atoms with Gasteiger partial charge in [0.1, 0.15) is 0 Å². The van der Waals surface area contributed by atoms with Gasteiger partial charge in [-0.05, 0) is 46.4 Å². The van der Waals surface area contributed by atoms with Crippen LogP contribution in [0.5, 0.6) is 0 Å². The predicted octanol–water partition coefficient (Wildman–Crippen LogP) is 2.30. The summed E-state index contributed by atoms with van der Waals surface area (Å²) in [6.45, 7) is 1.99. The lowest BCUT2D eigenvalue weighted by atomic mass is 9.96. The Kier molecular flexibility index (Phi) is 2.81. The van der Waals surface area contributed by atoms with E-state index in [0.29, 0.717) is 12.3 Å². The normalized spacial score (nSPS) is 17.0. The van der Waals surface area contributed by atoms with Gasteiger partial charge in [-0.25, -0.2) is 0 Å². The molecule has 1 aromatic rings. The molecule has 1 aliphatic rings. The molecule has 0 amide bonds. The number of ketones is 1. The van der Waals surface area contributed by atoms with E-state index in [9.17, 15) is 4.79 Å². The van der Waals surface area contributed by atoms with Crippen LogP contribution in [0.25, 0.3) is 0 Å². The van der Waals surface area contributed by atoms with Crippen LogP contribution in [0, 0.1) is 5.92 Å². The van der Waals surface area contributed by atoms with Crippen LogP contribution < -0.4 is 5.32 Å². The molecule has 0 unspecified atom stereocenters. The number of carbonyl (C=O) groups is 1. The SMILES string of the molecule is O=C(CC1CNC1)c1sccc1Br. The van der Waals surface area contributed by atoms with Crippen molar-refractivity contribution in [2.45, 2.75) is 6.42 Å². The smallest absolute Gasteiger partial charge is 0.174 e. The minimum atomic E-state index is 0.272. The van der Waals surface area contributed by atoms with Crippen LogP contribution in [-0.2, 0) is 0 Å². The highest BCUT2D eigenvalue weighted by Crippen LogP contribution is 2.25. The summed E-state index contributed by atoms with van der Waals surface area (Å²) in [5.74, 6) is 0.829. The Morgan fingerprint density at radius 3 is 2.92 bits per heavy atom. The van der Waals surface area contributed by atoms with E-state index in [2.05, 4.69) is 21.2 Å². The molecule has 1 fully saturated rings. The lowest BCUT2D eigenvalue weighted by Gasteiger charge is -2.26. The molecule has 1 saturated heterocycles. The minimum absolute atomic E-state index is 0.272. The Morgan fingerprint density at radius 2 is 2.46 bits per heavy atom. The number of halogens is 1. The zero-order valence-electron chi connectivity index (χ0n) is 7.05. The summed E-state index contributed by atoms with van der Waals surface area (Å²) < 4.78 is 0.940. The van der Waals surface area contributed by atoms with E-state index in [1.807, 2.05) is 11.4 Å². The quantitative estimate of drug-likeness (QED) is 0.845. The van der Waals surface area contributed by atoms with Crippen molar-refractivity contribution in [2.75, 3.05) is 13.1 Å². The van der Waals surface area contributed by atoms with Gasteiger partial charge in [0.2, 0.25) is 0 Å². The summed E-state index contributed by atoms with van der Waals surface area (Å²) in [5.41, 5.74) is 0. The molecule has 4 heteroatoms. The van der Waals surface area contributed by atoms with E-state index in [-0.39, 0.29) is 5.78 Å². The number of carbonyl (C=O) groups excluding carboxylic acids is 1. The van der Waals surface area contributed by atoms with Gasteiger partial charge in [0.25, 0.3) is 0 Å².